The van der Waals surface area contributed by atoms with Gasteiger partial charge in [0, 0.05) is 17.6 Å². The first-order chi connectivity index (χ1) is 10.2. The minimum Gasteiger partial charge on any atom is -0.497 e. The van der Waals surface area contributed by atoms with Gasteiger partial charge >= 0.3 is 6.03 Å². The summed E-state index contributed by atoms with van der Waals surface area (Å²) in [5.74, 6) is 0.343. The molecule has 1 aromatic carbocycles. The van der Waals surface area contributed by atoms with Crippen molar-refractivity contribution in [2.45, 2.75) is 0 Å². The van der Waals surface area contributed by atoms with Gasteiger partial charge in [-0.2, -0.15) is 0 Å². The highest BCUT2D eigenvalue weighted by atomic mass is 16.5. The zero-order valence-electron chi connectivity index (χ0n) is 11.3. The van der Waals surface area contributed by atoms with Crippen molar-refractivity contribution in [1.82, 2.24) is 15.2 Å². The average Bonchev–Trinajstić information content (AvgIpc) is 3.06. The molecule has 2 heterocycles. The number of aromatic nitrogens is 1. The van der Waals surface area contributed by atoms with Gasteiger partial charge in [-0.25, -0.2) is 4.79 Å². The van der Waals surface area contributed by atoms with E-state index in [1.807, 2.05) is 47.2 Å². The molecule has 0 aliphatic carbocycles. The van der Waals surface area contributed by atoms with E-state index in [0.29, 0.717) is 0 Å². The molecule has 0 saturated carbocycles. The molecule has 1 aliphatic heterocycles. The van der Waals surface area contributed by atoms with Crippen LogP contribution in [0.3, 0.4) is 0 Å². The lowest BCUT2D eigenvalue weighted by Crippen LogP contribution is -2.22. The van der Waals surface area contributed by atoms with Crippen LogP contribution >= 0.6 is 0 Å². The number of amides is 3. The predicted octanol–water partition coefficient (Wildman–Crippen LogP) is 1.67. The first-order valence-electron chi connectivity index (χ1n) is 6.33. The van der Waals surface area contributed by atoms with Crippen LogP contribution in [0.1, 0.15) is 5.69 Å². The van der Waals surface area contributed by atoms with Crippen molar-refractivity contribution in [3.05, 3.63) is 54.0 Å². The van der Waals surface area contributed by atoms with Crippen LogP contribution in [0.15, 0.2) is 48.3 Å². The largest absolute Gasteiger partial charge is 0.497 e. The number of benzene rings is 1. The lowest BCUT2D eigenvalue weighted by Gasteiger charge is -2.08. The number of imide groups is 1. The summed E-state index contributed by atoms with van der Waals surface area (Å²) in [5.41, 5.74) is 1.94. The maximum absolute atomic E-state index is 11.6. The van der Waals surface area contributed by atoms with Crippen LogP contribution in [0.2, 0.25) is 0 Å². The summed E-state index contributed by atoms with van der Waals surface area (Å²) in [6.45, 7) is 0. The number of carbonyl (C=O) groups excluding carboxylic acids is 2. The molecule has 2 N–H and O–H groups in total. The van der Waals surface area contributed by atoms with E-state index in [1.165, 1.54) is 0 Å². The van der Waals surface area contributed by atoms with Gasteiger partial charge in [0.1, 0.15) is 11.4 Å². The maximum Gasteiger partial charge on any atom is 0.326 e. The van der Waals surface area contributed by atoms with Gasteiger partial charge in [-0.15, -0.1) is 0 Å². The number of urea groups is 1. The van der Waals surface area contributed by atoms with Gasteiger partial charge in [0.2, 0.25) is 0 Å². The molecule has 1 fully saturated rings. The van der Waals surface area contributed by atoms with Crippen molar-refractivity contribution in [1.29, 1.82) is 0 Å². The summed E-state index contributed by atoms with van der Waals surface area (Å²) in [7, 11) is 1.61. The van der Waals surface area contributed by atoms with Gasteiger partial charge in [-0.3, -0.25) is 10.1 Å². The summed E-state index contributed by atoms with van der Waals surface area (Å²) in [4.78, 5) is 22.7. The molecule has 6 heteroatoms. The van der Waals surface area contributed by atoms with E-state index < -0.39 is 11.9 Å². The first-order valence-corrected chi connectivity index (χ1v) is 6.33. The topological polar surface area (TPSA) is 72.4 Å². The second-order valence-electron chi connectivity index (χ2n) is 4.47. The van der Waals surface area contributed by atoms with Gasteiger partial charge < -0.3 is 14.6 Å². The summed E-state index contributed by atoms with van der Waals surface area (Å²) >= 11 is 0. The van der Waals surface area contributed by atoms with Gasteiger partial charge in [-0.05, 0) is 42.5 Å². The predicted molar refractivity (Wildman–Crippen MR) is 77.0 cm³/mol. The zero-order valence-corrected chi connectivity index (χ0v) is 11.3. The van der Waals surface area contributed by atoms with Crippen LogP contribution in [0.5, 0.6) is 5.75 Å². The number of methoxy groups -OCH3 is 1. The monoisotopic (exact) mass is 283 g/mol. The van der Waals surface area contributed by atoms with Gasteiger partial charge in [0.15, 0.2) is 0 Å². The third kappa shape index (κ3) is 2.51. The number of nitrogens with one attached hydrogen (secondary N) is 2. The van der Waals surface area contributed by atoms with Crippen LogP contribution < -0.4 is 15.4 Å². The molecule has 0 unspecified atom stereocenters. The van der Waals surface area contributed by atoms with Gasteiger partial charge in [0.25, 0.3) is 5.91 Å². The number of nitrogens with zero attached hydrogens (tertiary/aromatic N) is 1. The Balaban J connectivity index is 1.95. The van der Waals surface area contributed by atoms with E-state index in [-0.39, 0.29) is 5.70 Å². The third-order valence-electron chi connectivity index (χ3n) is 3.14. The Hall–Kier alpha value is -3.02. The summed E-state index contributed by atoms with van der Waals surface area (Å²) in [6, 6.07) is 10.8. The SMILES string of the molecule is COc1ccc(-n2cccc2C=C2NC(=O)NC2=O)cc1. The molecule has 2 aromatic rings. The van der Waals surface area contributed by atoms with Crippen molar-refractivity contribution in [2.24, 2.45) is 0 Å². The number of ether oxygens (including phenoxy) is 1. The van der Waals surface area contributed by atoms with Crippen LogP contribution in [-0.2, 0) is 4.79 Å². The average molecular weight is 283 g/mol. The number of rotatable bonds is 3. The van der Waals surface area contributed by atoms with E-state index in [0.717, 1.165) is 17.1 Å². The van der Waals surface area contributed by atoms with Crippen LogP contribution in [0.4, 0.5) is 4.79 Å². The van der Waals surface area contributed by atoms with Crippen LogP contribution in [0, 0.1) is 0 Å². The molecule has 3 amide bonds. The van der Waals surface area contributed by atoms with Gasteiger partial charge in [-0.1, -0.05) is 0 Å². The van der Waals surface area contributed by atoms with Crippen molar-refractivity contribution < 1.29 is 14.3 Å². The molecule has 0 radical (unpaired) electrons. The highest BCUT2D eigenvalue weighted by molar-refractivity contribution is 6.13. The quantitative estimate of drug-likeness (QED) is 0.665. The summed E-state index contributed by atoms with van der Waals surface area (Å²) in [5, 5.41) is 4.64. The van der Waals surface area contributed by atoms with Crippen molar-refractivity contribution in [2.75, 3.05) is 7.11 Å². The first kappa shape index (κ1) is 13.0. The Labute approximate surface area is 121 Å². The highest BCUT2D eigenvalue weighted by Gasteiger charge is 2.23. The van der Waals surface area contributed by atoms with Crippen LogP contribution in [0.25, 0.3) is 11.8 Å². The standard InChI is InChI=1S/C15H13N3O3/c1-21-12-6-4-10(5-7-12)18-8-2-3-11(18)9-13-14(19)17-15(20)16-13/h2-9H,1H3,(H2,16,17,19,20). The Morgan fingerprint density at radius 1 is 1.10 bits per heavy atom. The van der Waals surface area contributed by atoms with E-state index in [4.69, 9.17) is 4.74 Å². The Bertz CT molecular complexity index is 729. The summed E-state index contributed by atoms with van der Waals surface area (Å²) in [6.07, 6.45) is 3.51. The Kier molecular flexibility index (Phi) is 3.19. The van der Waals surface area contributed by atoms with E-state index in [9.17, 15) is 9.59 Å². The fraction of sp³-hybridized carbons (Fsp3) is 0.0667. The number of carbonyl (C=O) groups is 2. The van der Waals surface area contributed by atoms with E-state index in [2.05, 4.69) is 10.6 Å². The minimum absolute atomic E-state index is 0.230. The molecule has 1 aliphatic rings. The lowest BCUT2D eigenvalue weighted by molar-refractivity contribution is -0.115. The Morgan fingerprint density at radius 2 is 1.86 bits per heavy atom. The fourth-order valence-electron chi connectivity index (χ4n) is 2.12. The normalized spacial score (nSPS) is 16.0. The second-order valence-corrected chi connectivity index (χ2v) is 4.47. The van der Waals surface area contributed by atoms with E-state index in [1.54, 1.807) is 13.2 Å². The fourth-order valence-corrected chi connectivity index (χ4v) is 2.12. The van der Waals surface area contributed by atoms with Crippen molar-refractivity contribution in [3.8, 4) is 11.4 Å². The Morgan fingerprint density at radius 3 is 2.48 bits per heavy atom. The maximum atomic E-state index is 11.6. The minimum atomic E-state index is -0.506. The van der Waals surface area contributed by atoms with E-state index >= 15 is 0 Å². The van der Waals surface area contributed by atoms with Crippen molar-refractivity contribution >= 4 is 18.0 Å². The van der Waals surface area contributed by atoms with Gasteiger partial charge in [0.05, 0.1) is 7.11 Å². The molecule has 0 bridgehead atoms. The molecule has 0 spiro atoms. The van der Waals surface area contributed by atoms with Crippen LogP contribution in [-0.4, -0.2) is 23.6 Å². The zero-order chi connectivity index (χ0) is 14.8. The third-order valence-corrected chi connectivity index (χ3v) is 3.14. The van der Waals surface area contributed by atoms with Crippen molar-refractivity contribution in [3.63, 3.8) is 0 Å². The summed E-state index contributed by atoms with van der Waals surface area (Å²) < 4.78 is 7.04. The molecule has 3 rings (SSSR count). The lowest BCUT2D eigenvalue weighted by atomic mass is 10.2. The molecule has 21 heavy (non-hydrogen) atoms. The number of hydrogen-bond acceptors (Lipinski definition) is 3. The smallest absolute Gasteiger partial charge is 0.326 e. The highest BCUT2D eigenvalue weighted by Crippen LogP contribution is 2.19. The number of hydrogen-bond donors (Lipinski definition) is 2. The molecule has 1 saturated heterocycles. The molecule has 106 valence electrons. The second kappa shape index (κ2) is 5.16. The molecular weight excluding hydrogens is 270 g/mol. The molecular formula is C15H13N3O3. The molecule has 1 aromatic heterocycles. The molecule has 6 nitrogen and oxygen atoms in total. The molecule has 0 atom stereocenters.